The Morgan fingerprint density at radius 3 is 2.79 bits per heavy atom. The summed E-state index contributed by atoms with van der Waals surface area (Å²) in [6.45, 7) is 4.46. The Morgan fingerprint density at radius 1 is 1.42 bits per heavy atom. The predicted molar refractivity (Wildman–Crippen MR) is 81.6 cm³/mol. The fourth-order valence-electron chi connectivity index (χ4n) is 1.66. The molecule has 106 valence electrons. The van der Waals surface area contributed by atoms with Gasteiger partial charge in [-0.1, -0.05) is 19.1 Å². The second-order valence-corrected chi connectivity index (χ2v) is 5.61. The van der Waals surface area contributed by atoms with Gasteiger partial charge in [0.05, 0.1) is 6.10 Å². The van der Waals surface area contributed by atoms with E-state index in [1.807, 2.05) is 12.1 Å². The summed E-state index contributed by atoms with van der Waals surface area (Å²) < 4.78 is 0. The van der Waals surface area contributed by atoms with Gasteiger partial charge in [0.15, 0.2) is 0 Å². The zero-order valence-corrected chi connectivity index (χ0v) is 12.5. The molecule has 0 aliphatic rings. The lowest BCUT2D eigenvalue weighted by Gasteiger charge is -2.13. The molecule has 0 fully saturated rings. The zero-order chi connectivity index (χ0) is 14.3. The van der Waals surface area contributed by atoms with Crippen molar-refractivity contribution >= 4 is 23.5 Å². The van der Waals surface area contributed by atoms with Crippen LogP contribution in [-0.2, 0) is 0 Å². The molecule has 2 unspecified atom stereocenters. The number of nitrogens with one attached hydrogen (secondary N) is 2. The number of benzene rings is 1. The number of carbonyl (C=O) groups is 1. The minimum Gasteiger partial charge on any atom is -0.389 e. The van der Waals surface area contributed by atoms with Crippen LogP contribution in [0.4, 0.5) is 10.5 Å². The van der Waals surface area contributed by atoms with Gasteiger partial charge in [-0.15, -0.1) is 0 Å². The molecule has 0 heterocycles. The van der Waals surface area contributed by atoms with Gasteiger partial charge < -0.3 is 15.7 Å². The highest BCUT2D eigenvalue weighted by Gasteiger charge is 2.06. The normalized spacial score (nSPS) is 13.7. The Kier molecular flexibility index (Phi) is 6.73. The minimum atomic E-state index is -0.536. The lowest BCUT2D eigenvalue weighted by Crippen LogP contribution is -2.33. The summed E-state index contributed by atoms with van der Waals surface area (Å²) in [5, 5.41) is 15.1. The number of aliphatic hydroxyl groups is 1. The van der Waals surface area contributed by atoms with E-state index in [1.165, 1.54) is 0 Å². The molecule has 1 aromatic carbocycles. The summed E-state index contributed by atoms with van der Waals surface area (Å²) in [7, 11) is 0. The van der Waals surface area contributed by atoms with Crippen LogP contribution in [0.15, 0.2) is 24.3 Å². The van der Waals surface area contributed by atoms with Crippen molar-refractivity contribution in [3.05, 3.63) is 29.8 Å². The fourth-order valence-corrected chi connectivity index (χ4v) is 2.35. The van der Waals surface area contributed by atoms with Gasteiger partial charge in [0.25, 0.3) is 0 Å². The van der Waals surface area contributed by atoms with Crippen LogP contribution in [0.1, 0.15) is 25.5 Å². The molecule has 4 nitrogen and oxygen atoms in total. The monoisotopic (exact) mass is 282 g/mol. The fraction of sp³-hybridized carbons (Fsp3) is 0.500. The SMILES string of the molecule is CSCC(C)CNC(=O)Nc1cccc(C(C)O)c1. The Labute approximate surface area is 119 Å². The van der Waals surface area contributed by atoms with E-state index in [-0.39, 0.29) is 6.03 Å². The molecule has 0 radical (unpaired) electrons. The molecule has 1 rings (SSSR count). The highest BCUT2D eigenvalue weighted by molar-refractivity contribution is 7.98. The Hall–Kier alpha value is -1.20. The zero-order valence-electron chi connectivity index (χ0n) is 11.6. The summed E-state index contributed by atoms with van der Waals surface area (Å²) in [4.78, 5) is 11.7. The number of anilines is 1. The molecule has 5 heteroatoms. The average molecular weight is 282 g/mol. The number of thioether (sulfide) groups is 1. The number of amides is 2. The molecule has 19 heavy (non-hydrogen) atoms. The predicted octanol–water partition coefficient (Wildman–Crippen LogP) is 2.86. The van der Waals surface area contributed by atoms with Crippen LogP contribution in [0.3, 0.4) is 0 Å². The summed E-state index contributed by atoms with van der Waals surface area (Å²) in [5.41, 5.74) is 1.47. The number of urea groups is 1. The van der Waals surface area contributed by atoms with Crippen molar-refractivity contribution in [3.8, 4) is 0 Å². The quantitative estimate of drug-likeness (QED) is 0.752. The van der Waals surface area contributed by atoms with Gasteiger partial charge in [-0.3, -0.25) is 0 Å². The van der Waals surface area contributed by atoms with Crippen LogP contribution in [0.2, 0.25) is 0 Å². The number of aliphatic hydroxyl groups excluding tert-OH is 1. The highest BCUT2D eigenvalue weighted by atomic mass is 32.2. The smallest absolute Gasteiger partial charge is 0.319 e. The van der Waals surface area contributed by atoms with Crippen LogP contribution < -0.4 is 10.6 Å². The lowest BCUT2D eigenvalue weighted by molar-refractivity contribution is 0.199. The standard InChI is InChI=1S/C14H22N2O2S/c1-10(9-19-3)8-15-14(18)16-13-6-4-5-12(7-13)11(2)17/h4-7,10-11,17H,8-9H2,1-3H3,(H2,15,16,18). The molecular weight excluding hydrogens is 260 g/mol. The van der Waals surface area contributed by atoms with Crippen molar-refractivity contribution in [1.29, 1.82) is 0 Å². The van der Waals surface area contributed by atoms with Gasteiger partial charge in [0, 0.05) is 12.2 Å². The highest BCUT2D eigenvalue weighted by Crippen LogP contribution is 2.16. The van der Waals surface area contributed by atoms with Crippen molar-refractivity contribution in [2.45, 2.75) is 20.0 Å². The van der Waals surface area contributed by atoms with Gasteiger partial charge in [0.1, 0.15) is 0 Å². The van der Waals surface area contributed by atoms with Crippen LogP contribution in [0, 0.1) is 5.92 Å². The second-order valence-electron chi connectivity index (χ2n) is 4.70. The number of hydrogen-bond donors (Lipinski definition) is 3. The van der Waals surface area contributed by atoms with Crippen LogP contribution in [0.25, 0.3) is 0 Å². The van der Waals surface area contributed by atoms with Crippen LogP contribution in [0.5, 0.6) is 0 Å². The maximum absolute atomic E-state index is 11.7. The molecule has 0 spiro atoms. The first kappa shape index (κ1) is 15.9. The van der Waals surface area contributed by atoms with Crippen molar-refractivity contribution in [3.63, 3.8) is 0 Å². The van der Waals surface area contributed by atoms with Gasteiger partial charge in [-0.05, 0) is 42.5 Å². The summed E-state index contributed by atoms with van der Waals surface area (Å²) in [5.74, 6) is 1.47. The number of carbonyl (C=O) groups excluding carboxylic acids is 1. The van der Waals surface area contributed by atoms with Gasteiger partial charge >= 0.3 is 6.03 Å². The summed E-state index contributed by atoms with van der Waals surface area (Å²) >= 11 is 1.77. The first-order valence-corrected chi connectivity index (χ1v) is 7.74. The molecule has 2 amide bonds. The maximum Gasteiger partial charge on any atom is 0.319 e. The van der Waals surface area contributed by atoms with Crippen LogP contribution >= 0.6 is 11.8 Å². The van der Waals surface area contributed by atoms with E-state index in [0.717, 1.165) is 11.3 Å². The lowest BCUT2D eigenvalue weighted by atomic mass is 10.1. The minimum absolute atomic E-state index is 0.212. The maximum atomic E-state index is 11.7. The molecule has 0 aromatic heterocycles. The second kappa shape index (κ2) is 8.07. The van der Waals surface area contributed by atoms with Crippen molar-refractivity contribution in [2.24, 2.45) is 5.92 Å². The molecule has 0 saturated carbocycles. The van der Waals surface area contributed by atoms with E-state index in [2.05, 4.69) is 23.8 Å². The summed E-state index contributed by atoms with van der Waals surface area (Å²) in [6, 6.07) is 7.00. The Balaban J connectivity index is 2.46. The molecule has 0 bridgehead atoms. The van der Waals surface area contributed by atoms with Gasteiger partial charge in [0.2, 0.25) is 0 Å². The van der Waals surface area contributed by atoms with E-state index < -0.39 is 6.10 Å². The largest absolute Gasteiger partial charge is 0.389 e. The molecule has 0 aliphatic heterocycles. The Bertz CT molecular complexity index is 410. The van der Waals surface area contributed by atoms with Gasteiger partial charge in [-0.25, -0.2) is 4.79 Å². The summed E-state index contributed by atoms with van der Waals surface area (Å²) in [6.07, 6.45) is 1.52. The Morgan fingerprint density at radius 2 is 2.16 bits per heavy atom. The van der Waals surface area contributed by atoms with Crippen molar-refractivity contribution < 1.29 is 9.90 Å². The molecular formula is C14H22N2O2S. The average Bonchev–Trinajstić information content (AvgIpc) is 2.37. The molecule has 2 atom stereocenters. The van der Waals surface area contributed by atoms with Crippen LogP contribution in [-0.4, -0.2) is 29.7 Å². The van der Waals surface area contributed by atoms with Crippen molar-refractivity contribution in [1.82, 2.24) is 5.32 Å². The van der Waals surface area contributed by atoms with E-state index >= 15 is 0 Å². The van der Waals surface area contributed by atoms with E-state index in [4.69, 9.17) is 0 Å². The molecule has 3 N–H and O–H groups in total. The third-order valence-electron chi connectivity index (χ3n) is 2.69. The third kappa shape index (κ3) is 5.98. The molecule has 1 aromatic rings. The number of rotatable bonds is 6. The topological polar surface area (TPSA) is 61.4 Å². The van der Waals surface area contributed by atoms with E-state index in [1.54, 1.807) is 30.8 Å². The van der Waals surface area contributed by atoms with Gasteiger partial charge in [-0.2, -0.15) is 11.8 Å². The first-order valence-electron chi connectivity index (χ1n) is 6.34. The third-order valence-corrected chi connectivity index (χ3v) is 3.59. The van der Waals surface area contributed by atoms with E-state index in [9.17, 15) is 9.90 Å². The molecule has 0 aliphatic carbocycles. The molecule has 0 saturated heterocycles. The van der Waals surface area contributed by atoms with Crippen molar-refractivity contribution in [2.75, 3.05) is 23.9 Å². The first-order chi connectivity index (χ1) is 9.02. The van der Waals surface area contributed by atoms with E-state index in [0.29, 0.717) is 18.2 Å². The number of hydrogen-bond acceptors (Lipinski definition) is 3.